The van der Waals surface area contributed by atoms with Crippen molar-refractivity contribution < 1.29 is 9.53 Å². The second-order valence-corrected chi connectivity index (χ2v) is 6.00. The Morgan fingerprint density at radius 3 is 2.67 bits per heavy atom. The molecule has 1 aliphatic heterocycles. The highest BCUT2D eigenvalue weighted by atomic mass is 16.5. The van der Waals surface area contributed by atoms with E-state index in [0.717, 1.165) is 31.7 Å². The first kappa shape index (κ1) is 15.6. The van der Waals surface area contributed by atoms with Crippen LogP contribution in [0, 0.1) is 5.41 Å². The maximum atomic E-state index is 11.9. The summed E-state index contributed by atoms with van der Waals surface area (Å²) in [6.45, 7) is 8.63. The Morgan fingerprint density at radius 2 is 2.10 bits per heavy atom. The highest BCUT2D eigenvalue weighted by Gasteiger charge is 2.29. The fourth-order valence-electron chi connectivity index (χ4n) is 2.64. The van der Waals surface area contributed by atoms with E-state index in [4.69, 9.17) is 10.5 Å². The van der Waals surface area contributed by atoms with Crippen molar-refractivity contribution >= 4 is 17.5 Å². The highest BCUT2D eigenvalue weighted by Crippen LogP contribution is 2.35. The van der Waals surface area contributed by atoms with Gasteiger partial charge >= 0.3 is 5.97 Å². The van der Waals surface area contributed by atoms with E-state index in [1.807, 2.05) is 0 Å². The topological polar surface area (TPSA) is 68.5 Å². The molecular weight excluding hydrogens is 266 g/mol. The lowest BCUT2D eigenvalue weighted by molar-refractivity contribution is 0.0527. The molecule has 1 aromatic rings. The van der Waals surface area contributed by atoms with Gasteiger partial charge < -0.3 is 15.4 Å². The lowest BCUT2D eigenvalue weighted by Gasteiger charge is -2.39. The van der Waals surface area contributed by atoms with Gasteiger partial charge in [0.05, 0.1) is 24.1 Å². The normalized spacial score (nSPS) is 17.6. The summed E-state index contributed by atoms with van der Waals surface area (Å²) in [5, 5.41) is 0. The molecule has 1 fully saturated rings. The number of hydrogen-bond acceptors (Lipinski definition) is 5. The predicted molar refractivity (Wildman–Crippen MR) is 84.5 cm³/mol. The van der Waals surface area contributed by atoms with Gasteiger partial charge in [0.25, 0.3) is 0 Å². The number of anilines is 2. The average molecular weight is 291 g/mol. The van der Waals surface area contributed by atoms with Crippen LogP contribution in [0.15, 0.2) is 12.3 Å². The standard InChI is InChI=1S/C16H25N3O2/c1-4-16(3)6-8-19(9-7-16)14-10-12(13(17)11-18-14)15(20)21-5-2/h10-11H,4-9,17H2,1-3H3. The van der Waals surface area contributed by atoms with Gasteiger partial charge in [0, 0.05) is 13.1 Å². The van der Waals surface area contributed by atoms with Crippen molar-refractivity contribution in [3.63, 3.8) is 0 Å². The zero-order valence-corrected chi connectivity index (χ0v) is 13.2. The minimum absolute atomic E-state index is 0.342. The minimum atomic E-state index is -0.381. The van der Waals surface area contributed by atoms with E-state index in [2.05, 4.69) is 23.7 Å². The lowest BCUT2D eigenvalue weighted by Crippen LogP contribution is -2.39. The van der Waals surface area contributed by atoms with E-state index in [1.54, 1.807) is 19.2 Å². The number of nitrogen functional groups attached to an aromatic ring is 1. The van der Waals surface area contributed by atoms with Gasteiger partial charge in [-0.25, -0.2) is 9.78 Å². The zero-order valence-electron chi connectivity index (χ0n) is 13.2. The van der Waals surface area contributed by atoms with E-state index in [9.17, 15) is 4.79 Å². The van der Waals surface area contributed by atoms with E-state index in [1.165, 1.54) is 6.42 Å². The number of piperidine rings is 1. The number of aromatic nitrogens is 1. The molecule has 0 amide bonds. The summed E-state index contributed by atoms with van der Waals surface area (Å²) in [7, 11) is 0. The largest absolute Gasteiger partial charge is 0.462 e. The SMILES string of the molecule is CCOC(=O)c1cc(N2CCC(C)(CC)CC2)ncc1N. The van der Waals surface area contributed by atoms with Crippen LogP contribution in [0.5, 0.6) is 0 Å². The third-order valence-electron chi connectivity index (χ3n) is 4.56. The van der Waals surface area contributed by atoms with E-state index in [0.29, 0.717) is 23.3 Å². The molecule has 2 heterocycles. The van der Waals surface area contributed by atoms with Crippen LogP contribution in [-0.2, 0) is 4.74 Å². The first-order valence-corrected chi connectivity index (χ1v) is 7.66. The molecule has 2 N–H and O–H groups in total. The molecule has 0 aromatic carbocycles. The van der Waals surface area contributed by atoms with Gasteiger partial charge in [-0.2, -0.15) is 0 Å². The summed E-state index contributed by atoms with van der Waals surface area (Å²) in [5.74, 6) is 0.430. The van der Waals surface area contributed by atoms with Crippen LogP contribution in [0.3, 0.4) is 0 Å². The van der Waals surface area contributed by atoms with Gasteiger partial charge in [0.2, 0.25) is 0 Å². The van der Waals surface area contributed by atoms with Crippen LogP contribution in [0.4, 0.5) is 11.5 Å². The van der Waals surface area contributed by atoms with Crippen molar-refractivity contribution in [1.82, 2.24) is 4.98 Å². The average Bonchev–Trinajstić information content (AvgIpc) is 2.49. The maximum absolute atomic E-state index is 11.9. The summed E-state index contributed by atoms with van der Waals surface area (Å²) in [5.41, 5.74) is 7.03. The zero-order chi connectivity index (χ0) is 15.5. The third-order valence-corrected chi connectivity index (χ3v) is 4.56. The van der Waals surface area contributed by atoms with E-state index < -0.39 is 0 Å². The summed E-state index contributed by atoms with van der Waals surface area (Å²) in [4.78, 5) is 18.5. The summed E-state index contributed by atoms with van der Waals surface area (Å²) >= 11 is 0. The highest BCUT2D eigenvalue weighted by molar-refractivity contribution is 5.95. The molecule has 1 saturated heterocycles. The first-order chi connectivity index (χ1) is 9.99. The van der Waals surface area contributed by atoms with Gasteiger partial charge in [-0.05, 0) is 31.2 Å². The number of carbonyl (C=O) groups is 1. The smallest absolute Gasteiger partial charge is 0.340 e. The third kappa shape index (κ3) is 3.46. The van der Waals surface area contributed by atoms with Gasteiger partial charge in [-0.15, -0.1) is 0 Å². The molecule has 116 valence electrons. The molecule has 0 aliphatic carbocycles. The van der Waals surface area contributed by atoms with Crippen molar-refractivity contribution in [2.75, 3.05) is 30.3 Å². The second-order valence-electron chi connectivity index (χ2n) is 6.00. The molecule has 0 saturated carbocycles. The Kier molecular flexibility index (Phi) is 4.70. The number of hydrogen-bond donors (Lipinski definition) is 1. The van der Waals surface area contributed by atoms with Crippen molar-refractivity contribution in [3.8, 4) is 0 Å². The molecule has 5 nitrogen and oxygen atoms in total. The molecular formula is C16H25N3O2. The lowest BCUT2D eigenvalue weighted by atomic mass is 9.78. The van der Waals surface area contributed by atoms with Gasteiger partial charge in [-0.3, -0.25) is 0 Å². The van der Waals surface area contributed by atoms with Crippen LogP contribution < -0.4 is 10.6 Å². The Morgan fingerprint density at radius 1 is 1.43 bits per heavy atom. The van der Waals surface area contributed by atoms with Crippen LogP contribution in [-0.4, -0.2) is 30.6 Å². The number of pyridine rings is 1. The Labute approximate surface area is 126 Å². The fraction of sp³-hybridized carbons (Fsp3) is 0.625. The second kappa shape index (κ2) is 6.33. The molecule has 1 aromatic heterocycles. The number of rotatable bonds is 4. The Hall–Kier alpha value is -1.78. The van der Waals surface area contributed by atoms with Crippen LogP contribution in [0.1, 0.15) is 50.4 Å². The molecule has 0 atom stereocenters. The molecule has 21 heavy (non-hydrogen) atoms. The molecule has 1 aliphatic rings. The van der Waals surface area contributed by atoms with Crippen molar-refractivity contribution in [2.24, 2.45) is 5.41 Å². The maximum Gasteiger partial charge on any atom is 0.340 e. The molecule has 0 radical (unpaired) electrons. The number of nitrogens with zero attached hydrogens (tertiary/aromatic N) is 2. The van der Waals surface area contributed by atoms with Gasteiger partial charge in [0.15, 0.2) is 0 Å². The number of ether oxygens (including phenoxy) is 1. The molecule has 0 spiro atoms. The summed E-state index contributed by atoms with van der Waals surface area (Å²) < 4.78 is 5.04. The number of carbonyl (C=O) groups excluding carboxylic acids is 1. The Balaban J connectivity index is 2.15. The quantitative estimate of drug-likeness (QED) is 0.864. The molecule has 2 rings (SSSR count). The minimum Gasteiger partial charge on any atom is -0.462 e. The summed E-state index contributed by atoms with van der Waals surface area (Å²) in [6, 6.07) is 1.75. The van der Waals surface area contributed by atoms with Gasteiger partial charge in [-0.1, -0.05) is 20.3 Å². The molecule has 5 heteroatoms. The molecule has 0 bridgehead atoms. The van der Waals surface area contributed by atoms with E-state index in [-0.39, 0.29) is 5.97 Å². The van der Waals surface area contributed by atoms with Crippen molar-refractivity contribution in [3.05, 3.63) is 17.8 Å². The first-order valence-electron chi connectivity index (χ1n) is 7.66. The van der Waals surface area contributed by atoms with E-state index >= 15 is 0 Å². The Bertz CT molecular complexity index is 508. The summed E-state index contributed by atoms with van der Waals surface area (Å²) in [6.07, 6.45) is 5.04. The monoisotopic (exact) mass is 291 g/mol. The van der Waals surface area contributed by atoms with Crippen LogP contribution in [0.25, 0.3) is 0 Å². The fourth-order valence-corrected chi connectivity index (χ4v) is 2.64. The van der Waals surface area contributed by atoms with Crippen molar-refractivity contribution in [2.45, 2.75) is 40.0 Å². The van der Waals surface area contributed by atoms with Gasteiger partial charge in [0.1, 0.15) is 5.82 Å². The number of nitrogens with two attached hydrogens (primary N) is 1. The van der Waals surface area contributed by atoms with Crippen LogP contribution in [0.2, 0.25) is 0 Å². The van der Waals surface area contributed by atoms with Crippen molar-refractivity contribution in [1.29, 1.82) is 0 Å². The predicted octanol–water partition coefficient (Wildman–Crippen LogP) is 2.86. The molecule has 0 unspecified atom stereocenters. The number of esters is 1. The van der Waals surface area contributed by atoms with Crippen LogP contribution >= 0.6 is 0 Å².